The average Bonchev–Trinajstić information content (AvgIpc) is 2.48. The zero-order valence-corrected chi connectivity index (χ0v) is 11.7. The molecule has 102 valence electrons. The van der Waals surface area contributed by atoms with Crippen LogP contribution in [0.1, 0.15) is 28.8 Å². The number of Topliss-reactive ketones (excluding diaryl/α,β-unsaturated/α-hetero) is 1. The molecule has 2 bridgehead atoms. The number of nitrogens with zero attached hydrogens (tertiary/aromatic N) is 1. The Balaban J connectivity index is 1.88. The van der Waals surface area contributed by atoms with E-state index in [-0.39, 0.29) is 5.92 Å². The normalized spacial score (nSPS) is 29.3. The van der Waals surface area contributed by atoms with E-state index < -0.39 is 0 Å². The van der Waals surface area contributed by atoms with E-state index in [0.29, 0.717) is 11.7 Å². The van der Waals surface area contributed by atoms with Crippen LogP contribution in [0.3, 0.4) is 0 Å². The van der Waals surface area contributed by atoms with Crippen molar-refractivity contribution in [2.75, 3.05) is 26.7 Å². The molecule has 1 unspecified atom stereocenters. The molecule has 0 saturated carbocycles. The fourth-order valence-corrected chi connectivity index (χ4v) is 3.56. The van der Waals surface area contributed by atoms with Gasteiger partial charge in [0.15, 0.2) is 5.78 Å². The first-order valence-electron chi connectivity index (χ1n) is 7.11. The van der Waals surface area contributed by atoms with Crippen LogP contribution in [0, 0.1) is 18.8 Å². The van der Waals surface area contributed by atoms with Crippen LogP contribution >= 0.6 is 0 Å². The molecule has 0 amide bonds. The minimum atomic E-state index is 0.188. The fourth-order valence-electron chi connectivity index (χ4n) is 3.56. The molecule has 0 N–H and O–H groups in total. The highest BCUT2D eigenvalue weighted by atomic mass is 16.5. The largest absolute Gasteiger partial charge is 0.496 e. The molecule has 1 atom stereocenters. The molecule has 1 aromatic rings. The first-order valence-corrected chi connectivity index (χ1v) is 7.11. The molecular formula is C16H21NO2. The Hall–Kier alpha value is -1.35. The molecule has 3 heteroatoms. The van der Waals surface area contributed by atoms with E-state index in [4.69, 9.17) is 4.74 Å². The van der Waals surface area contributed by atoms with Gasteiger partial charge in [-0.2, -0.15) is 0 Å². The Morgan fingerprint density at radius 1 is 1.32 bits per heavy atom. The second-order valence-electron chi connectivity index (χ2n) is 5.74. The summed E-state index contributed by atoms with van der Waals surface area (Å²) in [7, 11) is 1.66. The van der Waals surface area contributed by atoms with Crippen LogP contribution in [0.4, 0.5) is 0 Å². The maximum atomic E-state index is 12.8. The number of carbonyl (C=O) groups is 1. The van der Waals surface area contributed by atoms with Crippen LogP contribution in [-0.4, -0.2) is 37.4 Å². The summed E-state index contributed by atoms with van der Waals surface area (Å²) in [6.45, 7) is 5.27. The van der Waals surface area contributed by atoms with Crippen LogP contribution in [-0.2, 0) is 0 Å². The van der Waals surface area contributed by atoms with Crippen molar-refractivity contribution in [2.24, 2.45) is 11.8 Å². The lowest BCUT2D eigenvalue weighted by Gasteiger charge is -2.44. The van der Waals surface area contributed by atoms with Gasteiger partial charge in [-0.25, -0.2) is 0 Å². The van der Waals surface area contributed by atoms with Crippen LogP contribution in [0.2, 0.25) is 0 Å². The van der Waals surface area contributed by atoms with Crippen molar-refractivity contribution >= 4 is 5.78 Å². The van der Waals surface area contributed by atoms with Gasteiger partial charge in [-0.15, -0.1) is 0 Å². The van der Waals surface area contributed by atoms with Crippen LogP contribution in [0.5, 0.6) is 5.75 Å². The highest BCUT2D eigenvalue weighted by Crippen LogP contribution is 2.35. The minimum Gasteiger partial charge on any atom is -0.496 e. The molecule has 3 aliphatic rings. The number of ketones is 1. The van der Waals surface area contributed by atoms with E-state index in [1.807, 2.05) is 25.1 Å². The van der Waals surface area contributed by atoms with Gasteiger partial charge in [-0.05, 0) is 44.8 Å². The number of ether oxygens (including phenoxy) is 1. The van der Waals surface area contributed by atoms with Crippen LogP contribution < -0.4 is 4.74 Å². The van der Waals surface area contributed by atoms with Gasteiger partial charge in [0.2, 0.25) is 0 Å². The third-order valence-electron chi connectivity index (χ3n) is 4.76. The number of rotatable bonds is 3. The third kappa shape index (κ3) is 2.16. The van der Waals surface area contributed by atoms with E-state index >= 15 is 0 Å². The molecule has 3 aliphatic heterocycles. The van der Waals surface area contributed by atoms with Gasteiger partial charge in [0, 0.05) is 23.6 Å². The molecule has 4 rings (SSSR count). The molecule has 19 heavy (non-hydrogen) atoms. The number of hydrogen-bond donors (Lipinski definition) is 0. The SMILES string of the molecule is COc1cccc(C(=O)C2CN3CCC2CC3)c1C. The first kappa shape index (κ1) is 12.7. The van der Waals surface area contributed by atoms with Gasteiger partial charge >= 0.3 is 0 Å². The summed E-state index contributed by atoms with van der Waals surface area (Å²) in [6.07, 6.45) is 2.36. The van der Waals surface area contributed by atoms with Gasteiger partial charge in [-0.1, -0.05) is 12.1 Å². The van der Waals surface area contributed by atoms with Gasteiger partial charge in [0.25, 0.3) is 0 Å². The van der Waals surface area contributed by atoms with Gasteiger partial charge in [0.1, 0.15) is 5.75 Å². The summed E-state index contributed by atoms with van der Waals surface area (Å²) in [5.74, 6) is 1.90. The Morgan fingerprint density at radius 2 is 2.05 bits per heavy atom. The van der Waals surface area contributed by atoms with Crippen molar-refractivity contribution in [1.82, 2.24) is 4.90 Å². The number of hydrogen-bond acceptors (Lipinski definition) is 3. The number of piperidine rings is 3. The predicted molar refractivity (Wildman–Crippen MR) is 74.7 cm³/mol. The van der Waals surface area contributed by atoms with Crippen molar-refractivity contribution in [1.29, 1.82) is 0 Å². The van der Waals surface area contributed by atoms with E-state index in [0.717, 1.165) is 23.4 Å². The second-order valence-corrected chi connectivity index (χ2v) is 5.74. The predicted octanol–water partition coefficient (Wildman–Crippen LogP) is 2.53. The summed E-state index contributed by atoms with van der Waals surface area (Å²) in [6, 6.07) is 5.78. The monoisotopic (exact) mass is 259 g/mol. The highest BCUT2D eigenvalue weighted by Gasteiger charge is 2.38. The molecule has 3 nitrogen and oxygen atoms in total. The third-order valence-corrected chi connectivity index (χ3v) is 4.76. The van der Waals surface area contributed by atoms with E-state index in [1.54, 1.807) is 7.11 Å². The van der Waals surface area contributed by atoms with Crippen molar-refractivity contribution in [3.63, 3.8) is 0 Å². The van der Waals surface area contributed by atoms with Crippen molar-refractivity contribution in [3.05, 3.63) is 29.3 Å². The zero-order valence-electron chi connectivity index (χ0n) is 11.7. The van der Waals surface area contributed by atoms with Gasteiger partial charge in [-0.3, -0.25) is 4.79 Å². The Morgan fingerprint density at radius 3 is 2.63 bits per heavy atom. The molecule has 0 radical (unpaired) electrons. The van der Waals surface area contributed by atoms with Gasteiger partial charge < -0.3 is 9.64 Å². The lowest BCUT2D eigenvalue weighted by molar-refractivity contribution is 0.0418. The summed E-state index contributed by atoms with van der Waals surface area (Å²) in [5, 5.41) is 0. The highest BCUT2D eigenvalue weighted by molar-refractivity contribution is 6.00. The van der Waals surface area contributed by atoms with Crippen molar-refractivity contribution < 1.29 is 9.53 Å². The molecule has 1 aromatic carbocycles. The standard InChI is InChI=1S/C16H21NO2/c1-11-13(4-3-5-15(11)19-2)16(18)14-10-17-8-6-12(14)7-9-17/h3-5,12,14H,6-10H2,1-2H3. The molecular weight excluding hydrogens is 238 g/mol. The topological polar surface area (TPSA) is 29.5 Å². The Labute approximate surface area is 114 Å². The zero-order chi connectivity index (χ0) is 13.4. The molecule has 0 aliphatic carbocycles. The molecule has 3 saturated heterocycles. The smallest absolute Gasteiger partial charge is 0.167 e. The van der Waals surface area contributed by atoms with Crippen LogP contribution in [0.15, 0.2) is 18.2 Å². The molecule has 0 aromatic heterocycles. The number of methoxy groups -OCH3 is 1. The average molecular weight is 259 g/mol. The maximum Gasteiger partial charge on any atom is 0.167 e. The van der Waals surface area contributed by atoms with E-state index in [1.165, 1.54) is 25.9 Å². The second kappa shape index (κ2) is 4.97. The number of carbonyl (C=O) groups excluding carboxylic acids is 1. The maximum absolute atomic E-state index is 12.8. The van der Waals surface area contributed by atoms with Crippen LogP contribution in [0.25, 0.3) is 0 Å². The minimum absolute atomic E-state index is 0.188. The van der Waals surface area contributed by atoms with Crippen molar-refractivity contribution in [2.45, 2.75) is 19.8 Å². The van der Waals surface area contributed by atoms with Gasteiger partial charge in [0.05, 0.1) is 7.11 Å². The molecule has 3 heterocycles. The Kier molecular flexibility index (Phi) is 3.31. The lowest BCUT2D eigenvalue weighted by atomic mass is 9.75. The first-order chi connectivity index (χ1) is 9.20. The molecule has 0 spiro atoms. The molecule has 3 fully saturated rings. The van der Waals surface area contributed by atoms with Crippen molar-refractivity contribution in [3.8, 4) is 5.75 Å². The summed E-state index contributed by atoms with van der Waals surface area (Å²) >= 11 is 0. The van der Waals surface area contributed by atoms with E-state index in [9.17, 15) is 4.79 Å². The lowest BCUT2D eigenvalue weighted by Crippen LogP contribution is -2.50. The summed E-state index contributed by atoms with van der Waals surface area (Å²) < 4.78 is 5.32. The fraction of sp³-hybridized carbons (Fsp3) is 0.562. The van der Waals surface area contributed by atoms with E-state index in [2.05, 4.69) is 4.90 Å². The number of fused-ring (bicyclic) bond motifs is 3. The quantitative estimate of drug-likeness (QED) is 0.781. The summed E-state index contributed by atoms with van der Waals surface area (Å²) in [5.41, 5.74) is 1.82. The number of benzene rings is 1. The summed E-state index contributed by atoms with van der Waals surface area (Å²) in [4.78, 5) is 15.2. The Bertz CT molecular complexity index is 490.